The van der Waals surface area contributed by atoms with Gasteiger partial charge in [-0.05, 0) is 37.1 Å². The molecular weight excluding hydrogens is 341 g/mol. The minimum absolute atomic E-state index is 0.222. The zero-order valence-electron chi connectivity index (χ0n) is 10.3. The second-order valence-corrected chi connectivity index (χ2v) is 4.60. The fourth-order valence-electron chi connectivity index (χ4n) is 1.17. The molecule has 0 saturated carbocycles. The van der Waals surface area contributed by atoms with Crippen molar-refractivity contribution < 1.29 is 27.8 Å². The minimum Gasteiger partial charge on any atom is -0.463 e. The van der Waals surface area contributed by atoms with Gasteiger partial charge in [0.15, 0.2) is 0 Å². The molecule has 1 aromatic rings. The maximum absolute atomic E-state index is 12.8. The molecule has 0 aliphatic carbocycles. The number of ether oxygens (including phenoxy) is 1. The van der Waals surface area contributed by atoms with E-state index in [4.69, 9.17) is 0 Å². The van der Waals surface area contributed by atoms with Crippen LogP contribution in [0.25, 0.3) is 0 Å². The average Bonchev–Trinajstić information content (AvgIpc) is 2.36. The van der Waals surface area contributed by atoms with Crippen LogP contribution >= 0.6 is 15.9 Å². The van der Waals surface area contributed by atoms with Gasteiger partial charge in [-0.2, -0.15) is 13.2 Å². The quantitative estimate of drug-likeness (QED) is 0.658. The largest absolute Gasteiger partial charge is 0.463 e. The summed E-state index contributed by atoms with van der Waals surface area (Å²) in [4.78, 5) is 11.3. The molecule has 1 rings (SSSR count). The van der Waals surface area contributed by atoms with E-state index in [0.717, 1.165) is 4.47 Å². The lowest BCUT2D eigenvalue weighted by atomic mass is 10.0. The molecule has 20 heavy (non-hydrogen) atoms. The number of halogens is 4. The second kappa shape index (κ2) is 6.29. The summed E-state index contributed by atoms with van der Waals surface area (Å²) < 4.78 is 43.3. The Morgan fingerprint density at radius 3 is 2.35 bits per heavy atom. The molecular formula is C13H10BrF3O3. The molecule has 0 bridgehead atoms. The molecule has 0 aromatic heterocycles. The topological polar surface area (TPSA) is 46.5 Å². The van der Waals surface area contributed by atoms with Crippen LogP contribution < -0.4 is 0 Å². The molecule has 0 saturated heterocycles. The lowest BCUT2D eigenvalue weighted by molar-refractivity contribution is -0.242. The van der Waals surface area contributed by atoms with Gasteiger partial charge in [0.1, 0.15) is 0 Å². The Labute approximate surface area is 121 Å². The predicted molar refractivity (Wildman–Crippen MR) is 68.7 cm³/mol. The van der Waals surface area contributed by atoms with Gasteiger partial charge in [0.05, 0.1) is 6.61 Å². The number of aliphatic hydroxyl groups is 1. The number of alkyl halides is 3. The molecule has 1 atom stereocenters. The van der Waals surface area contributed by atoms with E-state index in [1.54, 1.807) is 18.1 Å². The summed E-state index contributed by atoms with van der Waals surface area (Å²) >= 11 is 3.16. The zero-order valence-corrected chi connectivity index (χ0v) is 11.9. The van der Waals surface area contributed by atoms with Crippen molar-refractivity contribution in [3.63, 3.8) is 0 Å². The average molecular weight is 351 g/mol. The smallest absolute Gasteiger partial charge is 0.440 e. The SMILES string of the molecule is CCOC(=O)[C@@](O)(C#Cc1ccc(Br)cc1)C(F)(F)F. The van der Waals surface area contributed by atoms with E-state index < -0.39 is 17.7 Å². The van der Waals surface area contributed by atoms with Crippen molar-refractivity contribution in [1.29, 1.82) is 0 Å². The molecule has 0 aliphatic heterocycles. The van der Waals surface area contributed by atoms with Gasteiger partial charge < -0.3 is 9.84 Å². The Hall–Kier alpha value is -1.52. The third-order valence-electron chi connectivity index (χ3n) is 2.21. The summed E-state index contributed by atoms with van der Waals surface area (Å²) in [6, 6.07) is 6.03. The number of benzene rings is 1. The lowest BCUT2D eigenvalue weighted by Crippen LogP contribution is -2.52. The maximum atomic E-state index is 12.8. The number of rotatable bonds is 2. The molecule has 0 aliphatic rings. The van der Waals surface area contributed by atoms with E-state index in [9.17, 15) is 23.1 Å². The van der Waals surface area contributed by atoms with Crippen molar-refractivity contribution >= 4 is 21.9 Å². The van der Waals surface area contributed by atoms with Crippen molar-refractivity contribution in [2.24, 2.45) is 0 Å². The van der Waals surface area contributed by atoms with Crippen LogP contribution in [0.2, 0.25) is 0 Å². The Morgan fingerprint density at radius 1 is 1.35 bits per heavy atom. The number of carbonyl (C=O) groups is 1. The third-order valence-corrected chi connectivity index (χ3v) is 2.74. The van der Waals surface area contributed by atoms with Crippen molar-refractivity contribution in [1.82, 2.24) is 0 Å². The molecule has 0 radical (unpaired) electrons. The summed E-state index contributed by atoms with van der Waals surface area (Å²) in [5.74, 6) is 1.83. The molecule has 108 valence electrons. The van der Waals surface area contributed by atoms with E-state index in [0.29, 0.717) is 0 Å². The first-order chi connectivity index (χ1) is 9.20. The fraction of sp³-hybridized carbons (Fsp3) is 0.308. The summed E-state index contributed by atoms with van der Waals surface area (Å²) in [5, 5.41) is 9.48. The molecule has 0 fully saturated rings. The monoisotopic (exact) mass is 350 g/mol. The van der Waals surface area contributed by atoms with Crippen LogP contribution in [0.1, 0.15) is 12.5 Å². The number of carbonyl (C=O) groups excluding carboxylic acids is 1. The normalized spacial score (nSPS) is 13.9. The molecule has 0 heterocycles. The highest BCUT2D eigenvalue weighted by Gasteiger charge is 2.60. The van der Waals surface area contributed by atoms with Gasteiger partial charge in [0.2, 0.25) is 0 Å². The minimum atomic E-state index is -5.25. The first kappa shape index (κ1) is 16.5. The third kappa shape index (κ3) is 3.74. The van der Waals surface area contributed by atoms with E-state index in [-0.39, 0.29) is 12.2 Å². The highest BCUT2D eigenvalue weighted by molar-refractivity contribution is 9.10. The number of hydrogen-bond donors (Lipinski definition) is 1. The van der Waals surface area contributed by atoms with E-state index >= 15 is 0 Å². The van der Waals surface area contributed by atoms with Gasteiger partial charge in [-0.15, -0.1) is 0 Å². The van der Waals surface area contributed by atoms with Gasteiger partial charge >= 0.3 is 17.7 Å². The van der Waals surface area contributed by atoms with Crippen LogP contribution in [0.15, 0.2) is 28.7 Å². The van der Waals surface area contributed by atoms with Gasteiger partial charge in [-0.3, -0.25) is 0 Å². The van der Waals surface area contributed by atoms with E-state index in [1.165, 1.54) is 19.1 Å². The molecule has 7 heteroatoms. The van der Waals surface area contributed by atoms with Crippen LogP contribution in [0.3, 0.4) is 0 Å². The number of esters is 1. The predicted octanol–water partition coefficient (Wildman–Crippen LogP) is 2.66. The molecule has 1 N–H and O–H groups in total. The molecule has 3 nitrogen and oxygen atoms in total. The Morgan fingerprint density at radius 2 is 1.90 bits per heavy atom. The van der Waals surface area contributed by atoms with Crippen molar-refractivity contribution in [3.8, 4) is 11.8 Å². The highest BCUT2D eigenvalue weighted by atomic mass is 79.9. The first-order valence-electron chi connectivity index (χ1n) is 5.45. The Balaban J connectivity index is 3.15. The first-order valence-corrected chi connectivity index (χ1v) is 6.25. The molecule has 0 unspecified atom stereocenters. The summed E-state index contributed by atoms with van der Waals surface area (Å²) in [7, 11) is 0. The molecule has 1 aromatic carbocycles. The lowest BCUT2D eigenvalue weighted by Gasteiger charge is -2.22. The van der Waals surface area contributed by atoms with Crippen LogP contribution in [0.5, 0.6) is 0 Å². The number of hydrogen-bond acceptors (Lipinski definition) is 3. The van der Waals surface area contributed by atoms with Gasteiger partial charge in [0, 0.05) is 10.0 Å². The maximum Gasteiger partial charge on any atom is 0.440 e. The summed E-state index contributed by atoms with van der Waals surface area (Å²) in [6.07, 6.45) is -5.25. The van der Waals surface area contributed by atoms with Gasteiger partial charge in [0.25, 0.3) is 0 Å². The van der Waals surface area contributed by atoms with Crippen LogP contribution in [0.4, 0.5) is 13.2 Å². The fourth-order valence-corrected chi connectivity index (χ4v) is 1.43. The zero-order chi connectivity index (χ0) is 15.4. The van der Waals surface area contributed by atoms with Crippen molar-refractivity contribution in [3.05, 3.63) is 34.3 Å². The highest BCUT2D eigenvalue weighted by Crippen LogP contribution is 2.31. The van der Waals surface area contributed by atoms with Crippen molar-refractivity contribution in [2.75, 3.05) is 6.61 Å². The van der Waals surface area contributed by atoms with Crippen molar-refractivity contribution in [2.45, 2.75) is 18.7 Å². The summed E-state index contributed by atoms with van der Waals surface area (Å²) in [6.45, 7) is 1.04. The molecule has 0 amide bonds. The standard InChI is InChI=1S/C13H10BrF3O3/c1-2-20-11(18)12(19,13(15,16)17)8-7-9-3-5-10(14)6-4-9/h3-6,19H,2H2,1H3/t12-/m0/s1. The Bertz CT molecular complexity index is 543. The van der Waals surface area contributed by atoms with Gasteiger partial charge in [-0.1, -0.05) is 21.9 Å². The summed E-state index contributed by atoms with van der Waals surface area (Å²) in [5.41, 5.74) is -3.61. The van der Waals surface area contributed by atoms with Crippen LogP contribution in [-0.4, -0.2) is 29.5 Å². The second-order valence-electron chi connectivity index (χ2n) is 3.69. The van der Waals surface area contributed by atoms with Crippen LogP contribution in [0, 0.1) is 11.8 Å². The molecule has 0 spiro atoms. The van der Waals surface area contributed by atoms with Gasteiger partial charge in [-0.25, -0.2) is 4.79 Å². The van der Waals surface area contributed by atoms with E-state index in [1.807, 2.05) is 0 Å². The van der Waals surface area contributed by atoms with E-state index in [2.05, 4.69) is 26.6 Å². The Kier molecular flexibility index (Phi) is 5.20. The van der Waals surface area contributed by atoms with Crippen LogP contribution in [-0.2, 0) is 9.53 Å².